The van der Waals surface area contributed by atoms with Crippen molar-refractivity contribution >= 4 is 11.1 Å². The van der Waals surface area contributed by atoms with Crippen molar-refractivity contribution in [2.75, 3.05) is 0 Å². The van der Waals surface area contributed by atoms with Crippen LogP contribution in [-0.4, -0.2) is 0 Å². The van der Waals surface area contributed by atoms with E-state index in [-0.39, 0.29) is 0 Å². The Labute approximate surface area is 123 Å². The zero-order valence-corrected chi connectivity index (χ0v) is 12.8. The summed E-state index contributed by atoms with van der Waals surface area (Å²) >= 11 is 0. The lowest BCUT2D eigenvalue weighted by Gasteiger charge is -2.07. The smallest absolute Gasteiger partial charge is 0.0178 e. The van der Waals surface area contributed by atoms with Gasteiger partial charge in [-0.05, 0) is 48.6 Å². The van der Waals surface area contributed by atoms with Crippen LogP contribution in [0, 0.1) is 0 Å². The van der Waals surface area contributed by atoms with E-state index in [0.29, 0.717) is 0 Å². The van der Waals surface area contributed by atoms with Gasteiger partial charge >= 0.3 is 0 Å². The molecule has 0 amide bonds. The molecule has 0 unspecified atom stereocenters. The van der Waals surface area contributed by atoms with Gasteiger partial charge in [0.1, 0.15) is 0 Å². The highest BCUT2D eigenvalue weighted by molar-refractivity contribution is 5.80. The molecule has 0 aliphatic heterocycles. The van der Waals surface area contributed by atoms with Crippen molar-refractivity contribution < 1.29 is 0 Å². The zero-order chi connectivity index (χ0) is 14.8. The van der Waals surface area contributed by atoms with E-state index in [9.17, 15) is 0 Å². The Bertz CT molecular complexity index is 551. The topological polar surface area (TPSA) is 0 Å². The summed E-state index contributed by atoms with van der Waals surface area (Å²) < 4.78 is 0. The summed E-state index contributed by atoms with van der Waals surface area (Å²) in [5.41, 5.74) is 4.85. The van der Waals surface area contributed by atoms with Crippen LogP contribution in [0.2, 0.25) is 0 Å². The fourth-order valence-electron chi connectivity index (χ4n) is 2.04. The second kappa shape index (κ2) is 8.92. The van der Waals surface area contributed by atoms with Gasteiger partial charge in [-0.15, -0.1) is 0 Å². The van der Waals surface area contributed by atoms with Gasteiger partial charge in [0.2, 0.25) is 0 Å². The predicted octanol–water partition coefficient (Wildman–Crippen LogP) is 6.20. The molecule has 0 spiro atoms. The van der Waals surface area contributed by atoms with Gasteiger partial charge in [0.25, 0.3) is 0 Å². The molecular formula is C20H24. The highest BCUT2D eigenvalue weighted by atomic mass is 14.1. The lowest BCUT2D eigenvalue weighted by atomic mass is 9.98. The van der Waals surface area contributed by atoms with E-state index in [1.165, 1.54) is 16.7 Å². The standard InChI is InChI=1S/C20H24/c1-5-9-13-17(8-4)19-14-10-15-20(16-19)18(11-6-2)12-7-3/h5-6,8-16H,4,7H2,1-3H3/b9-5-,11-6-,17-13+,18-12+. The van der Waals surface area contributed by atoms with Crippen molar-refractivity contribution in [3.63, 3.8) is 0 Å². The molecule has 0 saturated carbocycles. The lowest BCUT2D eigenvalue weighted by molar-refractivity contribution is 1.23. The molecule has 0 heteroatoms. The van der Waals surface area contributed by atoms with Crippen molar-refractivity contribution in [3.05, 3.63) is 84.5 Å². The van der Waals surface area contributed by atoms with Gasteiger partial charge in [-0.2, -0.15) is 0 Å². The number of hydrogen-bond acceptors (Lipinski definition) is 0. The molecule has 0 aliphatic carbocycles. The fraction of sp³-hybridized carbons (Fsp3) is 0.200. The minimum atomic E-state index is 1.03. The van der Waals surface area contributed by atoms with Crippen molar-refractivity contribution in [2.45, 2.75) is 27.2 Å². The maximum Gasteiger partial charge on any atom is -0.0178 e. The second-order valence-electron chi connectivity index (χ2n) is 4.50. The first kappa shape index (κ1) is 16.0. The van der Waals surface area contributed by atoms with E-state index >= 15 is 0 Å². The van der Waals surface area contributed by atoms with Gasteiger partial charge in [0.15, 0.2) is 0 Å². The fourth-order valence-corrected chi connectivity index (χ4v) is 2.04. The van der Waals surface area contributed by atoms with Crippen molar-refractivity contribution in [1.82, 2.24) is 0 Å². The molecule has 0 N–H and O–H groups in total. The largest absolute Gasteiger partial charge is 0.0984 e. The third-order valence-electron chi connectivity index (χ3n) is 2.99. The predicted molar refractivity (Wildman–Crippen MR) is 92.5 cm³/mol. The summed E-state index contributed by atoms with van der Waals surface area (Å²) in [5, 5.41) is 0. The molecule has 104 valence electrons. The number of hydrogen-bond donors (Lipinski definition) is 0. The van der Waals surface area contributed by atoms with Crippen molar-refractivity contribution in [2.24, 2.45) is 0 Å². The molecule has 0 saturated heterocycles. The molecule has 0 radical (unpaired) electrons. The van der Waals surface area contributed by atoms with E-state index in [2.05, 4.69) is 69.0 Å². The van der Waals surface area contributed by atoms with Crippen LogP contribution in [0.25, 0.3) is 11.1 Å². The average molecular weight is 264 g/mol. The van der Waals surface area contributed by atoms with Crippen LogP contribution in [-0.2, 0) is 0 Å². The van der Waals surface area contributed by atoms with E-state index in [1.807, 2.05) is 25.2 Å². The van der Waals surface area contributed by atoms with Gasteiger partial charge in [-0.1, -0.05) is 74.2 Å². The second-order valence-corrected chi connectivity index (χ2v) is 4.50. The SMILES string of the molecule is C=C/C(=C\C=C/C)c1cccc(C(/C=C\C)=C/CC)c1. The summed E-state index contributed by atoms with van der Waals surface area (Å²) in [5.74, 6) is 0. The van der Waals surface area contributed by atoms with Crippen molar-refractivity contribution in [1.29, 1.82) is 0 Å². The Hall–Kier alpha value is -2.08. The third kappa shape index (κ3) is 4.55. The Morgan fingerprint density at radius 3 is 2.35 bits per heavy atom. The quantitative estimate of drug-likeness (QED) is 0.536. The molecule has 20 heavy (non-hydrogen) atoms. The molecule has 0 nitrogen and oxygen atoms in total. The van der Waals surface area contributed by atoms with Crippen LogP contribution in [0.3, 0.4) is 0 Å². The van der Waals surface area contributed by atoms with Crippen LogP contribution in [0.15, 0.2) is 73.4 Å². The molecule has 0 aromatic heterocycles. The minimum Gasteiger partial charge on any atom is -0.0984 e. The monoisotopic (exact) mass is 264 g/mol. The van der Waals surface area contributed by atoms with Crippen LogP contribution in [0.1, 0.15) is 38.3 Å². The van der Waals surface area contributed by atoms with Crippen LogP contribution < -0.4 is 0 Å². The summed E-state index contributed by atoms with van der Waals surface area (Å²) in [6, 6.07) is 8.60. The third-order valence-corrected chi connectivity index (χ3v) is 2.99. The lowest BCUT2D eigenvalue weighted by Crippen LogP contribution is -1.86. The van der Waals surface area contributed by atoms with Crippen LogP contribution >= 0.6 is 0 Å². The van der Waals surface area contributed by atoms with Crippen LogP contribution in [0.5, 0.6) is 0 Å². The summed E-state index contributed by atoms with van der Waals surface area (Å²) in [6.07, 6.45) is 15.6. The maximum atomic E-state index is 3.91. The summed E-state index contributed by atoms with van der Waals surface area (Å²) in [4.78, 5) is 0. The maximum absolute atomic E-state index is 3.91. The molecule has 0 atom stereocenters. The first-order valence-electron chi connectivity index (χ1n) is 7.15. The highest BCUT2D eigenvalue weighted by Crippen LogP contribution is 2.23. The molecule has 1 rings (SSSR count). The van der Waals surface area contributed by atoms with E-state index < -0.39 is 0 Å². The molecule has 0 heterocycles. The van der Waals surface area contributed by atoms with Gasteiger partial charge in [-0.25, -0.2) is 0 Å². The average Bonchev–Trinajstić information content (AvgIpc) is 2.48. The molecule has 0 fully saturated rings. The summed E-state index contributed by atoms with van der Waals surface area (Å²) in [7, 11) is 0. The highest BCUT2D eigenvalue weighted by Gasteiger charge is 2.01. The first-order valence-corrected chi connectivity index (χ1v) is 7.15. The molecule has 0 aliphatic rings. The van der Waals surface area contributed by atoms with Crippen LogP contribution in [0.4, 0.5) is 0 Å². The first-order chi connectivity index (χ1) is 9.76. The Kier molecular flexibility index (Phi) is 7.13. The molecule has 1 aromatic carbocycles. The van der Waals surface area contributed by atoms with Gasteiger partial charge in [0, 0.05) is 0 Å². The molecule has 0 bridgehead atoms. The van der Waals surface area contributed by atoms with E-state index in [0.717, 1.165) is 12.0 Å². The van der Waals surface area contributed by atoms with Gasteiger partial charge < -0.3 is 0 Å². The van der Waals surface area contributed by atoms with Crippen molar-refractivity contribution in [3.8, 4) is 0 Å². The number of benzene rings is 1. The van der Waals surface area contributed by atoms with E-state index in [1.54, 1.807) is 0 Å². The Morgan fingerprint density at radius 1 is 1.10 bits per heavy atom. The number of allylic oxidation sites excluding steroid dienone is 9. The zero-order valence-electron chi connectivity index (χ0n) is 12.8. The van der Waals surface area contributed by atoms with Gasteiger partial charge in [-0.3, -0.25) is 0 Å². The summed E-state index contributed by atoms with van der Waals surface area (Å²) in [6.45, 7) is 10.1. The van der Waals surface area contributed by atoms with Gasteiger partial charge in [0.05, 0.1) is 0 Å². The normalized spacial score (nSPS) is 13.3. The minimum absolute atomic E-state index is 1.03. The van der Waals surface area contributed by atoms with E-state index in [4.69, 9.17) is 0 Å². The molecule has 1 aromatic rings. The Balaban J connectivity index is 3.24. The number of rotatable bonds is 6. The Morgan fingerprint density at radius 2 is 1.80 bits per heavy atom. The molecular weight excluding hydrogens is 240 g/mol.